The molecule has 1 saturated carbocycles. The van der Waals surface area contributed by atoms with Crippen molar-refractivity contribution in [1.29, 1.82) is 0 Å². The first-order valence-corrected chi connectivity index (χ1v) is 11.7. The highest BCUT2D eigenvalue weighted by Gasteiger charge is 2.30. The van der Waals surface area contributed by atoms with Crippen molar-refractivity contribution in [2.24, 2.45) is 11.8 Å². The van der Waals surface area contributed by atoms with Crippen LogP contribution >= 0.6 is 0 Å². The number of aromatic amines is 1. The van der Waals surface area contributed by atoms with Crippen molar-refractivity contribution in [3.05, 3.63) is 30.1 Å². The lowest BCUT2D eigenvalue weighted by molar-refractivity contribution is -0.127. The zero-order chi connectivity index (χ0) is 22.7. The Balaban J connectivity index is 1.31. The molecule has 2 aliphatic rings. The Morgan fingerprint density at radius 1 is 1.09 bits per heavy atom. The molecule has 0 unspecified atom stereocenters. The molecular weight excluding hydrogens is 404 g/mol. The van der Waals surface area contributed by atoms with Gasteiger partial charge in [-0.15, -0.1) is 0 Å². The number of H-pyrrole nitrogens is 1. The average Bonchev–Trinajstić information content (AvgIpc) is 3.30. The summed E-state index contributed by atoms with van der Waals surface area (Å²) in [4.78, 5) is 33.7. The van der Waals surface area contributed by atoms with E-state index >= 15 is 0 Å². The third-order valence-corrected chi connectivity index (χ3v) is 6.83. The van der Waals surface area contributed by atoms with Crippen molar-refractivity contribution in [2.45, 2.75) is 51.5 Å². The van der Waals surface area contributed by atoms with Crippen LogP contribution in [0.25, 0.3) is 11.3 Å². The normalized spacial score (nSPS) is 21.9. The standard InChI is InChI=1S/C24H34N6O2/c1-16-4-6-19(7-5-16)26-23(31)17-9-12-30(13-10-17)24(32)21-15-20(27-28-21)18-8-11-25-22(14-18)29(2)3/h8,11,14-17,19H,4-7,9-10,12-13H2,1-3H3,(H,26,31)(H,27,28). The molecule has 0 radical (unpaired) electrons. The number of rotatable bonds is 5. The van der Waals surface area contributed by atoms with E-state index in [9.17, 15) is 9.59 Å². The Morgan fingerprint density at radius 2 is 1.81 bits per heavy atom. The fourth-order valence-electron chi connectivity index (χ4n) is 4.64. The quantitative estimate of drug-likeness (QED) is 0.748. The van der Waals surface area contributed by atoms with Gasteiger partial charge in [0.2, 0.25) is 5.91 Å². The number of carbonyl (C=O) groups excluding carboxylic acids is 2. The largest absolute Gasteiger partial charge is 0.363 e. The van der Waals surface area contributed by atoms with Crippen LogP contribution in [0, 0.1) is 11.8 Å². The second-order valence-corrected chi connectivity index (χ2v) is 9.50. The lowest BCUT2D eigenvalue weighted by atomic mass is 9.86. The Labute approximate surface area is 189 Å². The number of hydrogen-bond donors (Lipinski definition) is 2. The Morgan fingerprint density at radius 3 is 2.50 bits per heavy atom. The number of carbonyl (C=O) groups is 2. The van der Waals surface area contributed by atoms with E-state index in [1.807, 2.05) is 36.0 Å². The molecule has 3 heterocycles. The molecule has 2 aromatic heterocycles. The predicted molar refractivity (Wildman–Crippen MR) is 124 cm³/mol. The minimum absolute atomic E-state index is 0.00517. The van der Waals surface area contributed by atoms with Gasteiger partial charge in [0.25, 0.3) is 5.91 Å². The van der Waals surface area contributed by atoms with Crippen LogP contribution in [0.4, 0.5) is 5.82 Å². The second kappa shape index (κ2) is 9.71. The zero-order valence-electron chi connectivity index (χ0n) is 19.3. The van der Waals surface area contributed by atoms with Crippen LogP contribution in [-0.2, 0) is 4.79 Å². The fraction of sp³-hybridized carbons (Fsp3) is 0.583. The van der Waals surface area contributed by atoms with Gasteiger partial charge in [0.05, 0.1) is 5.69 Å². The highest BCUT2D eigenvalue weighted by atomic mass is 16.2. The lowest BCUT2D eigenvalue weighted by Gasteiger charge is -2.33. The van der Waals surface area contributed by atoms with Gasteiger partial charge in [-0.3, -0.25) is 14.7 Å². The van der Waals surface area contributed by atoms with Gasteiger partial charge in [0.15, 0.2) is 5.69 Å². The maximum atomic E-state index is 13.0. The first-order chi connectivity index (χ1) is 15.4. The first kappa shape index (κ1) is 22.3. The molecular formula is C24H34N6O2. The summed E-state index contributed by atoms with van der Waals surface area (Å²) in [5.74, 6) is 1.68. The average molecular weight is 439 g/mol. The summed E-state index contributed by atoms with van der Waals surface area (Å²) in [5, 5.41) is 10.5. The Kier molecular flexibility index (Phi) is 6.77. The molecule has 2 fully saturated rings. The second-order valence-electron chi connectivity index (χ2n) is 9.50. The molecule has 8 nitrogen and oxygen atoms in total. The van der Waals surface area contributed by atoms with Gasteiger partial charge < -0.3 is 15.1 Å². The van der Waals surface area contributed by atoms with Gasteiger partial charge in [-0.2, -0.15) is 5.10 Å². The van der Waals surface area contributed by atoms with Gasteiger partial charge in [0.1, 0.15) is 5.82 Å². The van der Waals surface area contributed by atoms with Crippen LogP contribution in [0.3, 0.4) is 0 Å². The molecule has 32 heavy (non-hydrogen) atoms. The van der Waals surface area contributed by atoms with Gasteiger partial charge in [0, 0.05) is 50.9 Å². The van der Waals surface area contributed by atoms with Gasteiger partial charge >= 0.3 is 0 Å². The van der Waals surface area contributed by atoms with Crippen molar-refractivity contribution < 1.29 is 9.59 Å². The number of anilines is 1. The summed E-state index contributed by atoms with van der Waals surface area (Å²) in [6.45, 7) is 3.45. The predicted octanol–water partition coefficient (Wildman–Crippen LogP) is 3.08. The fourth-order valence-corrected chi connectivity index (χ4v) is 4.64. The lowest BCUT2D eigenvalue weighted by Crippen LogP contribution is -2.46. The van der Waals surface area contributed by atoms with Crippen molar-refractivity contribution in [3.63, 3.8) is 0 Å². The summed E-state index contributed by atoms with van der Waals surface area (Å²) in [5.41, 5.74) is 2.13. The van der Waals surface area contributed by atoms with Crippen molar-refractivity contribution in [1.82, 2.24) is 25.4 Å². The highest BCUT2D eigenvalue weighted by Crippen LogP contribution is 2.26. The van der Waals surface area contributed by atoms with Gasteiger partial charge in [-0.25, -0.2) is 4.98 Å². The Bertz CT molecular complexity index is 939. The number of likely N-dealkylation sites (tertiary alicyclic amines) is 1. The van der Waals surface area contributed by atoms with E-state index < -0.39 is 0 Å². The summed E-state index contributed by atoms with van der Waals surface area (Å²) in [6, 6.07) is 5.96. The summed E-state index contributed by atoms with van der Waals surface area (Å²) >= 11 is 0. The summed E-state index contributed by atoms with van der Waals surface area (Å²) in [7, 11) is 3.88. The summed E-state index contributed by atoms with van der Waals surface area (Å²) < 4.78 is 0. The molecule has 2 N–H and O–H groups in total. The first-order valence-electron chi connectivity index (χ1n) is 11.7. The summed E-state index contributed by atoms with van der Waals surface area (Å²) in [6.07, 6.45) is 7.71. The Hall–Kier alpha value is -2.90. The van der Waals surface area contributed by atoms with Crippen LogP contribution in [0.1, 0.15) is 55.9 Å². The highest BCUT2D eigenvalue weighted by molar-refractivity contribution is 5.93. The van der Waals surface area contributed by atoms with Crippen LogP contribution in [0.2, 0.25) is 0 Å². The number of pyridine rings is 1. The van der Waals surface area contributed by atoms with Crippen LogP contribution in [0.15, 0.2) is 24.4 Å². The van der Waals surface area contributed by atoms with Crippen molar-refractivity contribution in [3.8, 4) is 11.3 Å². The maximum absolute atomic E-state index is 13.0. The van der Waals surface area contributed by atoms with Gasteiger partial charge in [-0.05, 0) is 62.6 Å². The van der Waals surface area contributed by atoms with E-state index in [1.165, 1.54) is 12.8 Å². The molecule has 4 rings (SSSR count). The molecule has 172 valence electrons. The topological polar surface area (TPSA) is 94.2 Å². The van der Waals surface area contributed by atoms with E-state index in [1.54, 1.807) is 12.3 Å². The van der Waals surface area contributed by atoms with Crippen LogP contribution in [0.5, 0.6) is 0 Å². The number of nitrogens with one attached hydrogen (secondary N) is 2. The molecule has 0 atom stereocenters. The molecule has 0 aromatic carbocycles. The minimum Gasteiger partial charge on any atom is -0.363 e. The molecule has 2 aromatic rings. The minimum atomic E-state index is -0.0884. The maximum Gasteiger partial charge on any atom is 0.274 e. The molecule has 8 heteroatoms. The number of amides is 2. The van der Waals surface area contributed by atoms with Crippen LogP contribution < -0.4 is 10.2 Å². The van der Waals surface area contributed by atoms with E-state index in [-0.39, 0.29) is 17.7 Å². The van der Waals surface area contributed by atoms with Crippen LogP contribution in [-0.4, -0.2) is 65.1 Å². The third kappa shape index (κ3) is 5.11. The molecule has 0 bridgehead atoms. The number of nitrogens with zero attached hydrogens (tertiary/aromatic N) is 4. The SMILES string of the molecule is CC1CCC(NC(=O)C2CCN(C(=O)c3cc(-c4ccnc(N(C)C)c4)[nH]n3)CC2)CC1. The third-order valence-electron chi connectivity index (χ3n) is 6.83. The molecule has 1 saturated heterocycles. The molecule has 2 amide bonds. The van der Waals surface area contributed by atoms with E-state index in [2.05, 4.69) is 27.4 Å². The zero-order valence-corrected chi connectivity index (χ0v) is 19.3. The van der Waals surface area contributed by atoms with E-state index in [0.717, 1.165) is 35.8 Å². The number of hydrogen-bond acceptors (Lipinski definition) is 5. The molecule has 1 aliphatic carbocycles. The van der Waals surface area contributed by atoms with E-state index in [0.29, 0.717) is 37.7 Å². The molecule has 1 aliphatic heterocycles. The van der Waals surface area contributed by atoms with E-state index in [4.69, 9.17) is 0 Å². The number of aromatic nitrogens is 3. The number of piperidine rings is 1. The van der Waals surface area contributed by atoms with Crippen molar-refractivity contribution in [2.75, 3.05) is 32.1 Å². The molecule has 0 spiro atoms. The smallest absolute Gasteiger partial charge is 0.274 e. The monoisotopic (exact) mass is 438 g/mol. The van der Waals surface area contributed by atoms with Crippen molar-refractivity contribution >= 4 is 17.6 Å². The van der Waals surface area contributed by atoms with Gasteiger partial charge in [-0.1, -0.05) is 6.92 Å².